The van der Waals surface area contributed by atoms with Crippen molar-refractivity contribution in [2.75, 3.05) is 10.6 Å². The average molecular weight is 380 g/mol. The highest BCUT2D eigenvalue weighted by Crippen LogP contribution is 2.16. The first-order chi connectivity index (χ1) is 13.3. The Morgan fingerprint density at radius 3 is 2.61 bits per heavy atom. The quantitative estimate of drug-likeness (QED) is 0.637. The van der Waals surface area contributed by atoms with Crippen LogP contribution in [0.2, 0.25) is 0 Å². The van der Waals surface area contributed by atoms with Gasteiger partial charge in [0, 0.05) is 17.4 Å². The topological polar surface area (TPSA) is 122 Å². The molecule has 0 aliphatic carbocycles. The summed E-state index contributed by atoms with van der Waals surface area (Å²) < 4.78 is 5.20. The van der Waals surface area contributed by atoms with Gasteiger partial charge in [-0.15, -0.1) is 5.10 Å². The van der Waals surface area contributed by atoms with E-state index in [2.05, 4.69) is 30.8 Å². The van der Waals surface area contributed by atoms with E-state index in [1.165, 1.54) is 6.07 Å². The van der Waals surface area contributed by atoms with E-state index < -0.39 is 17.6 Å². The van der Waals surface area contributed by atoms with Crippen molar-refractivity contribution in [2.45, 2.75) is 26.4 Å². The molecule has 0 saturated heterocycles. The summed E-state index contributed by atoms with van der Waals surface area (Å²) in [7, 11) is 0. The molecule has 2 heterocycles. The predicted octanol–water partition coefficient (Wildman–Crippen LogP) is 3.47. The number of nitrogens with one attached hydrogen (secondary N) is 3. The Labute approximate surface area is 161 Å². The lowest BCUT2D eigenvalue weighted by Crippen LogP contribution is -2.27. The second kappa shape index (κ2) is 7.87. The number of hydrogen-bond acceptors (Lipinski definition) is 6. The van der Waals surface area contributed by atoms with Gasteiger partial charge in [0.1, 0.15) is 11.3 Å². The standard InChI is InChI=1S/C19H20N6O3/c1-19(2,3)28-18(27)21-13-8-6-7-12(11-13)16(26)23-17-22-15(24-25-17)14-9-4-5-10-20-14/h4-11H,1-3H3,(H,21,27)(H2,22,23,24,25,26). The van der Waals surface area contributed by atoms with Gasteiger partial charge in [-0.05, 0) is 51.1 Å². The van der Waals surface area contributed by atoms with Crippen molar-refractivity contribution >= 4 is 23.6 Å². The number of anilines is 2. The molecule has 9 nitrogen and oxygen atoms in total. The first kappa shape index (κ1) is 19.0. The minimum Gasteiger partial charge on any atom is -0.444 e. The van der Waals surface area contributed by atoms with Gasteiger partial charge >= 0.3 is 6.09 Å². The number of nitrogens with zero attached hydrogens (tertiary/aromatic N) is 3. The Morgan fingerprint density at radius 2 is 1.89 bits per heavy atom. The number of amides is 2. The van der Waals surface area contributed by atoms with Crippen LogP contribution in [0.15, 0.2) is 48.7 Å². The van der Waals surface area contributed by atoms with E-state index in [1.807, 2.05) is 6.07 Å². The number of pyridine rings is 1. The Bertz CT molecular complexity index is 979. The van der Waals surface area contributed by atoms with E-state index in [0.717, 1.165) is 0 Å². The smallest absolute Gasteiger partial charge is 0.412 e. The first-order valence-electron chi connectivity index (χ1n) is 8.55. The maximum absolute atomic E-state index is 12.5. The summed E-state index contributed by atoms with van der Waals surface area (Å²) in [4.78, 5) is 32.7. The zero-order valence-corrected chi connectivity index (χ0v) is 15.7. The number of rotatable bonds is 4. The Kier molecular flexibility index (Phi) is 5.35. The molecule has 2 aromatic heterocycles. The van der Waals surface area contributed by atoms with E-state index in [1.54, 1.807) is 57.3 Å². The SMILES string of the molecule is CC(C)(C)OC(=O)Nc1cccc(C(=O)Nc2n[nH]c(-c3ccccn3)n2)c1. The van der Waals surface area contributed by atoms with Gasteiger partial charge < -0.3 is 4.74 Å². The molecular formula is C19H20N6O3. The highest BCUT2D eigenvalue weighted by Gasteiger charge is 2.17. The van der Waals surface area contributed by atoms with Crippen LogP contribution in [0.5, 0.6) is 0 Å². The zero-order chi connectivity index (χ0) is 20.1. The normalized spacial score (nSPS) is 11.0. The van der Waals surface area contributed by atoms with Gasteiger partial charge in [-0.1, -0.05) is 12.1 Å². The summed E-state index contributed by atoms with van der Waals surface area (Å²) >= 11 is 0. The van der Waals surface area contributed by atoms with Crippen LogP contribution in [0.4, 0.5) is 16.4 Å². The molecule has 28 heavy (non-hydrogen) atoms. The summed E-state index contributed by atoms with van der Waals surface area (Å²) in [6.07, 6.45) is 1.04. The molecule has 2 amide bonds. The molecule has 9 heteroatoms. The van der Waals surface area contributed by atoms with Crippen molar-refractivity contribution in [1.82, 2.24) is 20.2 Å². The fourth-order valence-corrected chi connectivity index (χ4v) is 2.27. The summed E-state index contributed by atoms with van der Waals surface area (Å²) in [5, 5.41) is 11.9. The van der Waals surface area contributed by atoms with Gasteiger partial charge in [0.05, 0.1) is 0 Å². The lowest BCUT2D eigenvalue weighted by atomic mass is 10.2. The lowest BCUT2D eigenvalue weighted by molar-refractivity contribution is 0.0635. The molecule has 3 rings (SSSR count). The number of carbonyl (C=O) groups excluding carboxylic acids is 2. The number of carbonyl (C=O) groups is 2. The van der Waals surface area contributed by atoms with Gasteiger partial charge in [-0.2, -0.15) is 4.98 Å². The maximum Gasteiger partial charge on any atom is 0.412 e. The molecular weight excluding hydrogens is 360 g/mol. The van der Waals surface area contributed by atoms with E-state index in [-0.39, 0.29) is 5.95 Å². The van der Waals surface area contributed by atoms with Crippen LogP contribution in [0.1, 0.15) is 31.1 Å². The van der Waals surface area contributed by atoms with Gasteiger partial charge in [-0.3, -0.25) is 25.5 Å². The van der Waals surface area contributed by atoms with E-state index in [9.17, 15) is 9.59 Å². The molecule has 0 spiro atoms. The fraction of sp³-hybridized carbons (Fsp3) is 0.211. The largest absolute Gasteiger partial charge is 0.444 e. The molecule has 0 unspecified atom stereocenters. The van der Waals surface area contributed by atoms with Crippen LogP contribution < -0.4 is 10.6 Å². The lowest BCUT2D eigenvalue weighted by Gasteiger charge is -2.19. The van der Waals surface area contributed by atoms with Gasteiger partial charge in [-0.25, -0.2) is 4.79 Å². The number of H-pyrrole nitrogens is 1. The summed E-state index contributed by atoms with van der Waals surface area (Å²) in [6.45, 7) is 5.31. The second-order valence-corrected chi connectivity index (χ2v) is 6.88. The van der Waals surface area contributed by atoms with Crippen molar-refractivity contribution < 1.29 is 14.3 Å². The Balaban J connectivity index is 1.67. The van der Waals surface area contributed by atoms with Crippen molar-refractivity contribution in [3.8, 4) is 11.5 Å². The van der Waals surface area contributed by atoms with Gasteiger partial charge in [0.15, 0.2) is 5.82 Å². The monoisotopic (exact) mass is 380 g/mol. The Hall–Kier alpha value is -3.75. The molecule has 3 aromatic rings. The van der Waals surface area contributed by atoms with Gasteiger partial charge in [0.2, 0.25) is 5.95 Å². The summed E-state index contributed by atoms with van der Waals surface area (Å²) in [6, 6.07) is 11.9. The maximum atomic E-state index is 12.5. The second-order valence-electron chi connectivity index (χ2n) is 6.88. The molecule has 1 aromatic carbocycles. The minimum atomic E-state index is -0.615. The molecule has 0 atom stereocenters. The molecule has 0 fully saturated rings. The van der Waals surface area contributed by atoms with E-state index in [0.29, 0.717) is 22.8 Å². The van der Waals surface area contributed by atoms with Crippen molar-refractivity contribution in [3.05, 3.63) is 54.2 Å². The van der Waals surface area contributed by atoms with Crippen molar-refractivity contribution in [1.29, 1.82) is 0 Å². The van der Waals surface area contributed by atoms with Crippen molar-refractivity contribution in [2.24, 2.45) is 0 Å². The van der Waals surface area contributed by atoms with Crippen LogP contribution in [-0.2, 0) is 4.74 Å². The van der Waals surface area contributed by atoms with E-state index >= 15 is 0 Å². The summed E-state index contributed by atoms with van der Waals surface area (Å²) in [5.74, 6) is 0.145. The molecule has 144 valence electrons. The van der Waals surface area contributed by atoms with Crippen molar-refractivity contribution in [3.63, 3.8) is 0 Å². The highest BCUT2D eigenvalue weighted by molar-refractivity contribution is 6.04. The van der Waals surface area contributed by atoms with E-state index in [4.69, 9.17) is 4.74 Å². The molecule has 0 saturated carbocycles. The third kappa shape index (κ3) is 5.13. The third-order valence-electron chi connectivity index (χ3n) is 3.39. The highest BCUT2D eigenvalue weighted by atomic mass is 16.6. The fourth-order valence-electron chi connectivity index (χ4n) is 2.27. The zero-order valence-electron chi connectivity index (χ0n) is 15.7. The first-order valence-corrected chi connectivity index (χ1v) is 8.55. The third-order valence-corrected chi connectivity index (χ3v) is 3.39. The molecule has 0 aliphatic rings. The molecule has 0 bridgehead atoms. The number of ether oxygens (including phenoxy) is 1. The van der Waals surface area contributed by atoms with Crippen LogP contribution >= 0.6 is 0 Å². The summed E-state index contributed by atoms with van der Waals surface area (Å²) in [5.41, 5.74) is 0.763. The minimum absolute atomic E-state index is 0.121. The Morgan fingerprint density at radius 1 is 1.07 bits per heavy atom. The number of benzene rings is 1. The van der Waals surface area contributed by atoms with Crippen LogP contribution in [0.3, 0.4) is 0 Å². The average Bonchev–Trinajstić information content (AvgIpc) is 3.09. The molecule has 0 radical (unpaired) electrons. The van der Waals surface area contributed by atoms with Crippen LogP contribution in [0, 0.1) is 0 Å². The van der Waals surface area contributed by atoms with Gasteiger partial charge in [0.25, 0.3) is 5.91 Å². The molecule has 0 aliphatic heterocycles. The number of aromatic amines is 1. The molecule has 3 N–H and O–H groups in total. The van der Waals surface area contributed by atoms with Crippen LogP contribution in [0.25, 0.3) is 11.5 Å². The number of hydrogen-bond donors (Lipinski definition) is 3. The predicted molar refractivity (Wildman–Crippen MR) is 104 cm³/mol. The number of aromatic nitrogens is 4. The van der Waals surface area contributed by atoms with Crippen LogP contribution in [-0.4, -0.2) is 37.8 Å².